The number of pyridine rings is 1. The number of benzene rings is 1. The molecule has 0 saturated carbocycles. The molecular formula is C12H10N2O3. The van der Waals surface area contributed by atoms with Crippen LogP contribution in [-0.2, 0) is 9.63 Å². The van der Waals surface area contributed by atoms with Gasteiger partial charge < -0.3 is 9.94 Å². The van der Waals surface area contributed by atoms with E-state index >= 15 is 0 Å². The van der Waals surface area contributed by atoms with Crippen LogP contribution in [0.3, 0.4) is 0 Å². The zero-order valence-corrected chi connectivity index (χ0v) is 8.91. The molecule has 5 nitrogen and oxygen atoms in total. The number of carboxylic acids is 1. The van der Waals surface area contributed by atoms with Crippen molar-refractivity contribution < 1.29 is 14.7 Å². The van der Waals surface area contributed by atoms with Crippen LogP contribution in [0.1, 0.15) is 5.69 Å². The lowest BCUT2D eigenvalue weighted by Gasteiger charge is -1.97. The number of hydrogen-bond acceptors (Lipinski definition) is 4. The first-order valence-electron chi connectivity index (χ1n) is 4.98. The average Bonchev–Trinajstić information content (AvgIpc) is 2.34. The summed E-state index contributed by atoms with van der Waals surface area (Å²) in [4.78, 5) is 19.0. The topological polar surface area (TPSA) is 71.8 Å². The first kappa shape index (κ1) is 11.1. The zero-order chi connectivity index (χ0) is 12.1. The summed E-state index contributed by atoms with van der Waals surface area (Å²) < 4.78 is 0. The molecule has 5 heteroatoms. The summed E-state index contributed by atoms with van der Waals surface area (Å²) in [5, 5.41) is 12.9. The molecule has 0 aliphatic carbocycles. The Labute approximate surface area is 97.3 Å². The highest BCUT2D eigenvalue weighted by Gasteiger charge is 1.96. The molecule has 0 unspecified atom stereocenters. The number of nitrogens with zero attached hydrogens (tertiary/aromatic N) is 2. The van der Waals surface area contributed by atoms with Crippen LogP contribution in [0.4, 0.5) is 0 Å². The Bertz CT molecular complexity index is 566. The first-order valence-corrected chi connectivity index (χ1v) is 4.98. The number of rotatable bonds is 4. The van der Waals surface area contributed by atoms with Gasteiger partial charge in [-0.15, -0.1) is 0 Å². The van der Waals surface area contributed by atoms with Crippen molar-refractivity contribution in [2.75, 3.05) is 6.61 Å². The maximum absolute atomic E-state index is 10.2. The molecule has 0 amide bonds. The fourth-order valence-corrected chi connectivity index (χ4v) is 1.34. The van der Waals surface area contributed by atoms with Crippen LogP contribution in [0.2, 0.25) is 0 Å². The van der Waals surface area contributed by atoms with Crippen LogP contribution in [0.15, 0.2) is 41.6 Å². The van der Waals surface area contributed by atoms with Crippen molar-refractivity contribution in [2.45, 2.75) is 0 Å². The fourth-order valence-electron chi connectivity index (χ4n) is 1.34. The van der Waals surface area contributed by atoms with E-state index in [1.54, 1.807) is 6.07 Å². The monoisotopic (exact) mass is 230 g/mol. The largest absolute Gasteiger partial charge is 0.479 e. The highest BCUT2D eigenvalue weighted by Crippen LogP contribution is 2.10. The number of oxime groups is 1. The molecule has 0 aliphatic heterocycles. The molecular weight excluding hydrogens is 220 g/mol. The van der Waals surface area contributed by atoms with Crippen LogP contribution >= 0.6 is 0 Å². The number of carbonyl (C=O) groups is 1. The third-order valence-corrected chi connectivity index (χ3v) is 2.07. The Morgan fingerprint density at radius 2 is 2.18 bits per heavy atom. The van der Waals surface area contributed by atoms with Crippen LogP contribution in [0.5, 0.6) is 0 Å². The predicted octanol–water partition coefficient (Wildman–Crippen LogP) is 1.67. The second-order valence-corrected chi connectivity index (χ2v) is 3.33. The van der Waals surface area contributed by atoms with Gasteiger partial charge in [0.05, 0.1) is 17.4 Å². The lowest BCUT2D eigenvalue weighted by molar-refractivity contribution is -0.142. The van der Waals surface area contributed by atoms with Crippen molar-refractivity contribution in [2.24, 2.45) is 5.16 Å². The number of aromatic nitrogens is 1. The SMILES string of the molecule is O=C(O)CON=Cc1ccc2ccccc2n1. The summed E-state index contributed by atoms with van der Waals surface area (Å²) >= 11 is 0. The van der Waals surface area contributed by atoms with E-state index in [4.69, 9.17) is 5.11 Å². The van der Waals surface area contributed by atoms with Crippen molar-refractivity contribution in [1.82, 2.24) is 4.98 Å². The van der Waals surface area contributed by atoms with Crippen molar-refractivity contribution in [3.8, 4) is 0 Å². The van der Waals surface area contributed by atoms with Gasteiger partial charge in [0.1, 0.15) is 0 Å². The lowest BCUT2D eigenvalue weighted by atomic mass is 10.2. The summed E-state index contributed by atoms with van der Waals surface area (Å²) in [5.41, 5.74) is 1.48. The van der Waals surface area contributed by atoms with Gasteiger partial charge in [-0.3, -0.25) is 0 Å². The Hall–Kier alpha value is -2.43. The highest BCUT2D eigenvalue weighted by molar-refractivity contribution is 5.84. The number of fused-ring (bicyclic) bond motifs is 1. The molecule has 0 atom stereocenters. The third kappa shape index (κ3) is 3.01. The van der Waals surface area contributed by atoms with E-state index in [0.717, 1.165) is 10.9 Å². The standard InChI is InChI=1S/C12H10N2O3/c15-12(16)8-17-13-7-10-6-5-9-3-1-2-4-11(9)14-10/h1-7H,8H2,(H,15,16). The minimum absolute atomic E-state index is 0.454. The van der Waals surface area contributed by atoms with Gasteiger partial charge >= 0.3 is 5.97 Å². The molecule has 0 fully saturated rings. The van der Waals surface area contributed by atoms with Gasteiger partial charge in [-0.05, 0) is 12.1 Å². The maximum Gasteiger partial charge on any atom is 0.344 e. The first-order chi connectivity index (χ1) is 8.25. The van der Waals surface area contributed by atoms with E-state index < -0.39 is 12.6 Å². The van der Waals surface area contributed by atoms with Crippen molar-refractivity contribution in [3.05, 3.63) is 42.1 Å². The molecule has 2 rings (SSSR count). The Morgan fingerprint density at radius 1 is 1.35 bits per heavy atom. The molecule has 1 N–H and O–H groups in total. The van der Waals surface area contributed by atoms with Crippen LogP contribution < -0.4 is 0 Å². The van der Waals surface area contributed by atoms with Gasteiger partial charge in [-0.25, -0.2) is 9.78 Å². The minimum Gasteiger partial charge on any atom is -0.479 e. The second kappa shape index (κ2) is 5.07. The van der Waals surface area contributed by atoms with Gasteiger partial charge in [0.15, 0.2) is 0 Å². The van der Waals surface area contributed by atoms with E-state index in [2.05, 4.69) is 15.0 Å². The maximum atomic E-state index is 10.2. The van der Waals surface area contributed by atoms with Crippen molar-refractivity contribution >= 4 is 23.1 Å². The summed E-state index contributed by atoms with van der Waals surface area (Å²) in [6.45, 7) is -0.454. The number of aliphatic carboxylic acids is 1. The number of hydrogen-bond donors (Lipinski definition) is 1. The Balaban J connectivity index is 2.11. The third-order valence-electron chi connectivity index (χ3n) is 2.07. The Kier molecular flexibility index (Phi) is 3.30. The molecule has 0 radical (unpaired) electrons. The zero-order valence-electron chi connectivity index (χ0n) is 8.91. The molecule has 1 heterocycles. The van der Waals surface area contributed by atoms with E-state index in [9.17, 15) is 4.79 Å². The summed E-state index contributed by atoms with van der Waals surface area (Å²) in [6, 6.07) is 11.4. The molecule has 0 bridgehead atoms. The lowest BCUT2D eigenvalue weighted by Crippen LogP contribution is -2.03. The van der Waals surface area contributed by atoms with Gasteiger partial charge in [0.25, 0.3) is 0 Å². The summed E-state index contributed by atoms with van der Waals surface area (Å²) in [7, 11) is 0. The molecule has 2 aromatic rings. The molecule has 17 heavy (non-hydrogen) atoms. The quantitative estimate of drug-likeness (QED) is 0.640. The number of carboxylic acid groups (broad SMARTS) is 1. The molecule has 1 aromatic carbocycles. The van der Waals surface area contributed by atoms with Gasteiger partial charge in [0, 0.05) is 5.39 Å². The second-order valence-electron chi connectivity index (χ2n) is 3.33. The predicted molar refractivity (Wildman–Crippen MR) is 62.9 cm³/mol. The molecule has 0 aliphatic rings. The smallest absolute Gasteiger partial charge is 0.344 e. The van der Waals surface area contributed by atoms with Crippen LogP contribution in [0, 0.1) is 0 Å². The van der Waals surface area contributed by atoms with E-state index in [1.807, 2.05) is 30.3 Å². The van der Waals surface area contributed by atoms with Gasteiger partial charge in [0.2, 0.25) is 6.61 Å². The van der Waals surface area contributed by atoms with Crippen LogP contribution in [0.25, 0.3) is 10.9 Å². The van der Waals surface area contributed by atoms with E-state index in [0.29, 0.717) is 5.69 Å². The summed E-state index contributed by atoms with van der Waals surface area (Å²) in [6.07, 6.45) is 1.38. The minimum atomic E-state index is -1.06. The van der Waals surface area contributed by atoms with Crippen LogP contribution in [-0.4, -0.2) is 28.9 Å². The Morgan fingerprint density at radius 3 is 3.00 bits per heavy atom. The van der Waals surface area contributed by atoms with Gasteiger partial charge in [-0.2, -0.15) is 0 Å². The fraction of sp³-hybridized carbons (Fsp3) is 0.0833. The van der Waals surface area contributed by atoms with E-state index in [-0.39, 0.29) is 0 Å². The normalized spacial score (nSPS) is 10.8. The molecule has 86 valence electrons. The highest BCUT2D eigenvalue weighted by atomic mass is 16.6. The van der Waals surface area contributed by atoms with Crippen molar-refractivity contribution in [3.63, 3.8) is 0 Å². The molecule has 1 aromatic heterocycles. The average molecular weight is 230 g/mol. The summed E-state index contributed by atoms with van der Waals surface area (Å²) in [5.74, 6) is -1.06. The molecule has 0 saturated heterocycles. The van der Waals surface area contributed by atoms with Gasteiger partial charge in [-0.1, -0.05) is 29.4 Å². The molecule has 0 spiro atoms. The van der Waals surface area contributed by atoms with Crippen molar-refractivity contribution in [1.29, 1.82) is 0 Å². The number of para-hydroxylation sites is 1. The van der Waals surface area contributed by atoms with E-state index in [1.165, 1.54) is 6.21 Å².